The fraction of sp³-hybridized carbons (Fsp3) is 0.350. The molecule has 0 unspecified atom stereocenters. The second-order valence-corrected chi connectivity index (χ2v) is 8.89. The summed E-state index contributed by atoms with van der Waals surface area (Å²) in [6, 6.07) is 2.24. The highest BCUT2D eigenvalue weighted by Gasteiger charge is 2.40. The average Bonchev–Trinajstić information content (AvgIpc) is 3.43. The van der Waals surface area contributed by atoms with E-state index >= 15 is 0 Å². The van der Waals surface area contributed by atoms with Gasteiger partial charge in [-0.05, 0) is 17.5 Å². The minimum atomic E-state index is -5.10. The first-order valence-corrected chi connectivity index (χ1v) is 11.3. The van der Waals surface area contributed by atoms with Crippen LogP contribution in [0.2, 0.25) is 0 Å². The Morgan fingerprint density at radius 2 is 1.27 bits per heavy atom. The maximum Gasteiger partial charge on any atom is 0.471 e. The lowest BCUT2D eigenvalue weighted by Crippen LogP contribution is -2.30. The molecule has 17 heteroatoms. The third-order valence-electron chi connectivity index (χ3n) is 3.92. The van der Waals surface area contributed by atoms with E-state index < -0.39 is 47.7 Å². The van der Waals surface area contributed by atoms with Crippen LogP contribution in [0.15, 0.2) is 17.5 Å². The predicted molar refractivity (Wildman–Crippen MR) is 120 cm³/mol. The number of ether oxygens (including phenoxy) is 2. The summed E-state index contributed by atoms with van der Waals surface area (Å²) in [7, 11) is 2.14. The van der Waals surface area contributed by atoms with Gasteiger partial charge in [-0.3, -0.25) is 14.4 Å². The number of nitrogens with one attached hydrogen (secondary N) is 2. The minimum Gasteiger partial charge on any atom is -0.465 e. The van der Waals surface area contributed by atoms with Gasteiger partial charge >= 0.3 is 36.1 Å². The van der Waals surface area contributed by atoms with Crippen LogP contribution in [0, 0.1) is 5.92 Å². The summed E-state index contributed by atoms with van der Waals surface area (Å²) >= 11 is 1.55. The Kier molecular flexibility index (Phi) is 10.8. The number of thiophene rings is 2. The van der Waals surface area contributed by atoms with Crippen LogP contribution < -0.4 is 10.6 Å². The van der Waals surface area contributed by atoms with Crippen molar-refractivity contribution in [3.05, 3.63) is 32.1 Å². The molecule has 0 aliphatic heterocycles. The molecule has 2 aromatic rings. The van der Waals surface area contributed by atoms with Crippen molar-refractivity contribution in [3.8, 4) is 0 Å². The summed E-state index contributed by atoms with van der Waals surface area (Å²) in [5.41, 5.74) is -0.600. The van der Waals surface area contributed by atoms with Crippen molar-refractivity contribution in [2.45, 2.75) is 26.2 Å². The van der Waals surface area contributed by atoms with Crippen LogP contribution >= 0.6 is 22.7 Å². The number of amides is 2. The topological polar surface area (TPSA) is 128 Å². The summed E-state index contributed by atoms with van der Waals surface area (Å²) in [6.07, 6.45) is -10.1. The maximum absolute atomic E-state index is 12.3. The standard InChI is InChI=1S/C12H12F3NO4S.C8H6F3NO3S/c1-5(2)8(17)7-4-6(9(21-7)10(18)20-3)16-11(19)12(13,14)15;1-15-6(13)5-4(2-3-16-5)12-7(14)8(9,10)11/h4-5H,1-3H3,(H,16,19);2-3H,1H3,(H,12,14). The van der Waals surface area contributed by atoms with Crippen molar-refractivity contribution in [2.24, 2.45) is 5.92 Å². The van der Waals surface area contributed by atoms with Gasteiger partial charge in [-0.25, -0.2) is 9.59 Å². The predicted octanol–water partition coefficient (Wildman–Crippen LogP) is 4.91. The fourth-order valence-corrected chi connectivity index (χ4v) is 4.06. The highest BCUT2D eigenvalue weighted by Crippen LogP contribution is 2.31. The molecule has 2 aromatic heterocycles. The van der Waals surface area contributed by atoms with E-state index in [0.717, 1.165) is 31.6 Å². The maximum atomic E-state index is 12.3. The largest absolute Gasteiger partial charge is 0.471 e. The number of carbonyl (C=O) groups excluding carboxylic acids is 5. The molecule has 37 heavy (non-hydrogen) atoms. The van der Waals surface area contributed by atoms with Gasteiger partial charge in [0.2, 0.25) is 0 Å². The van der Waals surface area contributed by atoms with Crippen LogP contribution in [-0.2, 0) is 19.1 Å². The number of esters is 2. The van der Waals surface area contributed by atoms with E-state index in [2.05, 4.69) is 9.47 Å². The Morgan fingerprint density at radius 3 is 1.70 bits per heavy atom. The van der Waals surface area contributed by atoms with E-state index in [4.69, 9.17) is 0 Å². The van der Waals surface area contributed by atoms with Gasteiger partial charge in [-0.15, -0.1) is 22.7 Å². The van der Waals surface area contributed by atoms with Gasteiger partial charge in [0.15, 0.2) is 5.78 Å². The summed E-state index contributed by atoms with van der Waals surface area (Å²) in [4.78, 5) is 55.7. The second kappa shape index (κ2) is 12.7. The van der Waals surface area contributed by atoms with E-state index in [0.29, 0.717) is 11.3 Å². The highest BCUT2D eigenvalue weighted by molar-refractivity contribution is 7.16. The van der Waals surface area contributed by atoms with Gasteiger partial charge in [-0.1, -0.05) is 13.8 Å². The molecule has 0 aromatic carbocycles. The van der Waals surface area contributed by atoms with Crippen LogP contribution in [0.5, 0.6) is 0 Å². The van der Waals surface area contributed by atoms with Crippen molar-refractivity contribution in [1.29, 1.82) is 0 Å². The van der Waals surface area contributed by atoms with Crippen LogP contribution in [-0.4, -0.2) is 56.1 Å². The molecule has 0 aliphatic rings. The van der Waals surface area contributed by atoms with E-state index in [1.807, 2.05) is 0 Å². The summed E-state index contributed by atoms with van der Waals surface area (Å²) in [6.45, 7) is 3.21. The highest BCUT2D eigenvalue weighted by atomic mass is 32.1. The number of hydrogen-bond donors (Lipinski definition) is 2. The van der Waals surface area contributed by atoms with Crippen LogP contribution in [0.3, 0.4) is 0 Å². The molecule has 0 aliphatic carbocycles. The van der Waals surface area contributed by atoms with E-state index in [1.54, 1.807) is 24.5 Å². The second-order valence-electron chi connectivity index (χ2n) is 6.92. The summed E-state index contributed by atoms with van der Waals surface area (Å²) < 4.78 is 81.3. The number of alkyl halides is 6. The molecule has 2 heterocycles. The normalized spacial score (nSPS) is 11.2. The number of methoxy groups -OCH3 is 2. The van der Waals surface area contributed by atoms with Gasteiger partial charge in [0.25, 0.3) is 0 Å². The molecule has 0 fully saturated rings. The lowest BCUT2D eigenvalue weighted by Gasteiger charge is -2.07. The van der Waals surface area contributed by atoms with Gasteiger partial charge in [-0.2, -0.15) is 26.3 Å². The van der Waals surface area contributed by atoms with Crippen LogP contribution in [0.1, 0.15) is 42.9 Å². The number of halogens is 6. The number of anilines is 2. The van der Waals surface area contributed by atoms with E-state index in [1.165, 1.54) is 11.4 Å². The van der Waals surface area contributed by atoms with Crippen molar-refractivity contribution < 1.29 is 59.8 Å². The Balaban J connectivity index is 0.000000384. The Morgan fingerprint density at radius 1 is 0.811 bits per heavy atom. The molecule has 0 radical (unpaired) electrons. The lowest BCUT2D eigenvalue weighted by atomic mass is 10.1. The van der Waals surface area contributed by atoms with E-state index in [9.17, 15) is 50.3 Å². The third-order valence-corrected chi connectivity index (χ3v) is 5.94. The molecule has 0 atom stereocenters. The van der Waals surface area contributed by atoms with Gasteiger partial charge in [0.05, 0.1) is 30.5 Å². The summed E-state index contributed by atoms with van der Waals surface area (Å²) in [5, 5.41) is 4.54. The molecule has 2 N–H and O–H groups in total. The quantitative estimate of drug-likeness (QED) is 0.284. The van der Waals surface area contributed by atoms with Crippen molar-refractivity contribution in [2.75, 3.05) is 24.9 Å². The molecular weight excluding hydrogens is 558 g/mol. The van der Waals surface area contributed by atoms with Crippen molar-refractivity contribution in [1.82, 2.24) is 0 Å². The molecule has 0 spiro atoms. The molecule has 2 amide bonds. The average molecular weight is 576 g/mol. The molecule has 0 bridgehead atoms. The van der Waals surface area contributed by atoms with Crippen LogP contribution in [0.4, 0.5) is 37.7 Å². The number of Topliss-reactive ketones (excluding diaryl/α,β-unsaturated/α-hetero) is 1. The van der Waals surface area contributed by atoms with Gasteiger partial charge in [0, 0.05) is 5.92 Å². The minimum absolute atomic E-state index is 0.0721. The van der Waals surface area contributed by atoms with Crippen molar-refractivity contribution in [3.63, 3.8) is 0 Å². The zero-order valence-corrected chi connectivity index (χ0v) is 20.9. The first kappa shape index (κ1) is 31.6. The smallest absolute Gasteiger partial charge is 0.465 e. The lowest BCUT2D eigenvalue weighted by molar-refractivity contribution is -0.167. The summed E-state index contributed by atoms with van der Waals surface area (Å²) in [5.74, 6) is -6.84. The third kappa shape index (κ3) is 8.85. The fourth-order valence-electron chi connectivity index (χ4n) is 2.18. The Labute approximate surface area is 212 Å². The molecule has 204 valence electrons. The number of ketones is 1. The molecule has 9 nitrogen and oxygen atoms in total. The molecular formula is C20H18F6N2O7S2. The number of hydrogen-bond acceptors (Lipinski definition) is 9. The first-order chi connectivity index (χ1) is 16.9. The number of carbonyl (C=O) groups is 5. The van der Waals surface area contributed by atoms with Crippen LogP contribution in [0.25, 0.3) is 0 Å². The monoisotopic (exact) mass is 576 g/mol. The first-order valence-electron chi connectivity index (χ1n) is 9.62. The van der Waals surface area contributed by atoms with Gasteiger partial charge < -0.3 is 20.1 Å². The molecule has 0 saturated carbocycles. The molecule has 2 rings (SSSR count). The molecule has 0 saturated heterocycles. The SMILES string of the molecule is COC(=O)c1sc(C(=O)C(C)C)cc1NC(=O)C(F)(F)F.COC(=O)c1sccc1NC(=O)C(F)(F)F. The zero-order chi connectivity index (χ0) is 28.7. The Bertz CT molecular complexity index is 1170. The number of rotatable bonds is 6. The zero-order valence-electron chi connectivity index (χ0n) is 19.3. The van der Waals surface area contributed by atoms with Gasteiger partial charge in [0.1, 0.15) is 9.75 Å². The Hall–Kier alpha value is -3.47. The van der Waals surface area contributed by atoms with E-state index in [-0.39, 0.29) is 26.1 Å². The van der Waals surface area contributed by atoms with Crippen molar-refractivity contribution >= 4 is 63.6 Å².